The molecule has 0 aliphatic heterocycles. The van der Waals surface area contributed by atoms with E-state index in [2.05, 4.69) is 225 Å². The Morgan fingerprint density at radius 3 is 0.848 bits per heavy atom. The van der Waals surface area contributed by atoms with E-state index in [1.807, 2.05) is 21.3 Å². The molecule has 0 unspecified atom stereocenters. The summed E-state index contributed by atoms with van der Waals surface area (Å²) in [5.74, 6) is -5.01. The lowest BCUT2D eigenvalue weighted by atomic mass is 9.71. The van der Waals surface area contributed by atoms with Crippen LogP contribution in [-0.4, -0.2) is 32.6 Å². The van der Waals surface area contributed by atoms with Crippen LogP contribution in [0.25, 0.3) is 77.2 Å². The number of halogens is 4. The van der Waals surface area contributed by atoms with Gasteiger partial charge in [-0.2, -0.15) is 0 Å². The predicted molar refractivity (Wildman–Crippen MR) is 376 cm³/mol. The van der Waals surface area contributed by atoms with E-state index in [-0.39, 0.29) is 77.7 Å². The Kier molecular flexibility index (Phi) is 16.9. The van der Waals surface area contributed by atoms with Crippen molar-refractivity contribution in [3.8, 4) is 56.6 Å². The molecule has 10 heteroatoms. The van der Waals surface area contributed by atoms with Gasteiger partial charge in [-0.25, -0.2) is 17.6 Å². The maximum atomic E-state index is 16.8. The summed E-state index contributed by atoms with van der Waals surface area (Å²) >= 11 is 0. The maximum absolute atomic E-state index is 16.8. The van der Waals surface area contributed by atoms with Crippen molar-refractivity contribution in [2.75, 3.05) is 13.2 Å². The zero-order valence-electron chi connectivity index (χ0n) is 58.5. The highest BCUT2D eigenvalue weighted by molar-refractivity contribution is 6.11. The standard InChI is InChI=1S/C82H96F4N2O4/c1-75(2,3)45-81(19,20)51-37-59(71(89)69(39-51)87-65-27-23-47(77(7,8)9)33-55(65)56-34-48(78(10,11)12)24-28-66(56)87)61-41-53(83)43-63(85)73(61)91-31-32-92-74-62(42-54(84)44-64(74)86)60-38-52(82(21,22)46-76(4,5)6)40-70(72(60)90)88-67-29-25-49(79(13,14)15)35-57(67)58-36-50(80(16,17)18)26-30-68(58)88/h23-30,33-44,89-90H,31-32,45-46H2,1-22H3. The lowest BCUT2D eigenvalue weighted by molar-refractivity contribution is 0.207. The van der Waals surface area contributed by atoms with E-state index in [0.717, 1.165) is 114 Å². The van der Waals surface area contributed by atoms with Crippen LogP contribution in [0.5, 0.6) is 23.0 Å². The third-order valence-corrected chi connectivity index (χ3v) is 18.3. The highest BCUT2D eigenvalue weighted by Gasteiger charge is 2.35. The molecule has 10 aromatic rings. The Hall–Kier alpha value is -7.72. The SMILES string of the molecule is CC(C)(C)CC(C)(C)c1cc(-c2cc(F)cc(F)c2OCCOc2c(F)cc(F)cc2-c2cc(C(C)(C)CC(C)(C)C)cc(-n3c4ccc(C(C)(C)C)cc4c4cc(C(C)(C)C)ccc43)c2O)c(O)c(-n2c3ccc(C(C)(C)C)cc3c3cc(C(C)(C)C)ccc32)c1. The van der Waals surface area contributed by atoms with Crippen molar-refractivity contribution in [2.45, 2.75) is 198 Å². The van der Waals surface area contributed by atoms with E-state index >= 15 is 17.6 Å². The molecule has 2 N–H and O–H groups in total. The third-order valence-electron chi connectivity index (χ3n) is 18.3. The molecule has 10 rings (SSSR count). The number of benzene rings is 8. The molecular formula is C82H96F4N2O4. The molecule has 0 radical (unpaired) electrons. The molecule has 0 spiro atoms. The Balaban J connectivity index is 1.10. The summed E-state index contributed by atoms with van der Waals surface area (Å²) in [6, 6.07) is 37.1. The number of aromatic nitrogens is 2. The van der Waals surface area contributed by atoms with Crippen molar-refractivity contribution in [3.05, 3.63) is 178 Å². The molecule has 486 valence electrons. The van der Waals surface area contributed by atoms with Gasteiger partial charge in [-0.05, 0) is 174 Å². The fourth-order valence-electron chi connectivity index (χ4n) is 14.2. The van der Waals surface area contributed by atoms with Crippen molar-refractivity contribution in [1.29, 1.82) is 0 Å². The summed E-state index contributed by atoms with van der Waals surface area (Å²) in [6.07, 6.45) is 1.44. The highest BCUT2D eigenvalue weighted by atomic mass is 19.1. The zero-order chi connectivity index (χ0) is 67.7. The first kappa shape index (κ1) is 67.2. The van der Waals surface area contributed by atoms with Gasteiger partial charge in [0, 0.05) is 55.9 Å². The molecule has 0 amide bonds. The first-order valence-corrected chi connectivity index (χ1v) is 32.5. The second-order valence-electron chi connectivity index (χ2n) is 33.8. The number of nitrogens with zero attached hydrogens (tertiary/aromatic N) is 2. The molecule has 0 saturated heterocycles. The molecule has 0 atom stereocenters. The van der Waals surface area contributed by atoms with Crippen molar-refractivity contribution in [3.63, 3.8) is 0 Å². The summed E-state index contributed by atoms with van der Waals surface area (Å²) in [4.78, 5) is 0. The quantitative estimate of drug-likeness (QED) is 0.0892. The fourth-order valence-corrected chi connectivity index (χ4v) is 14.2. The predicted octanol–water partition coefficient (Wildman–Crippen LogP) is 23.3. The van der Waals surface area contributed by atoms with Gasteiger partial charge in [0.25, 0.3) is 0 Å². The molecule has 0 aliphatic rings. The largest absolute Gasteiger partial charge is 0.505 e. The number of rotatable bonds is 13. The summed E-state index contributed by atoms with van der Waals surface area (Å²) in [5.41, 5.74) is 8.63. The summed E-state index contributed by atoms with van der Waals surface area (Å²) < 4.78 is 82.5. The van der Waals surface area contributed by atoms with Gasteiger partial charge < -0.3 is 28.8 Å². The molecule has 92 heavy (non-hydrogen) atoms. The Labute approximate surface area is 543 Å². The number of hydrogen-bond acceptors (Lipinski definition) is 4. The third kappa shape index (κ3) is 13.2. The van der Waals surface area contributed by atoms with E-state index < -0.39 is 47.3 Å². The average Bonchev–Trinajstić information content (AvgIpc) is 1.52. The molecule has 6 nitrogen and oxygen atoms in total. The van der Waals surface area contributed by atoms with Gasteiger partial charge in [0.1, 0.15) is 36.3 Å². The van der Waals surface area contributed by atoms with Crippen LogP contribution in [0.15, 0.2) is 121 Å². The van der Waals surface area contributed by atoms with E-state index in [0.29, 0.717) is 11.4 Å². The number of fused-ring (bicyclic) bond motifs is 6. The van der Waals surface area contributed by atoms with Crippen LogP contribution in [0, 0.1) is 34.1 Å². The summed E-state index contributed by atoms with van der Waals surface area (Å²) in [7, 11) is 0. The Morgan fingerprint density at radius 2 is 0.598 bits per heavy atom. The van der Waals surface area contributed by atoms with E-state index in [1.165, 1.54) is 0 Å². The van der Waals surface area contributed by atoms with Crippen molar-refractivity contribution in [2.24, 2.45) is 10.8 Å². The summed E-state index contributed by atoms with van der Waals surface area (Å²) in [6.45, 7) is 46.9. The Bertz CT molecular complexity index is 4100. The second-order valence-corrected chi connectivity index (χ2v) is 33.8. The molecule has 2 heterocycles. The van der Waals surface area contributed by atoms with Gasteiger partial charge in [-0.15, -0.1) is 0 Å². The van der Waals surface area contributed by atoms with Crippen LogP contribution in [0.2, 0.25) is 0 Å². The molecule has 0 fully saturated rings. The monoisotopic (exact) mass is 1250 g/mol. The van der Waals surface area contributed by atoms with E-state index in [4.69, 9.17) is 9.47 Å². The maximum Gasteiger partial charge on any atom is 0.168 e. The first-order chi connectivity index (χ1) is 42.3. The van der Waals surface area contributed by atoms with Crippen LogP contribution in [0.3, 0.4) is 0 Å². The lowest BCUT2D eigenvalue weighted by Crippen LogP contribution is -2.25. The minimum atomic E-state index is -1.03. The van der Waals surface area contributed by atoms with Gasteiger partial charge in [0.05, 0.1) is 33.4 Å². The number of aromatic hydroxyl groups is 2. The van der Waals surface area contributed by atoms with E-state index in [1.54, 1.807) is 12.1 Å². The first-order valence-electron chi connectivity index (χ1n) is 32.5. The molecule has 0 aliphatic carbocycles. The minimum absolute atomic E-state index is 0.0458. The molecule has 2 aromatic heterocycles. The fraction of sp³-hybridized carbons (Fsp3) is 0.415. The minimum Gasteiger partial charge on any atom is -0.505 e. The van der Waals surface area contributed by atoms with Crippen LogP contribution in [0.1, 0.15) is 199 Å². The van der Waals surface area contributed by atoms with E-state index in [9.17, 15) is 10.2 Å². The zero-order valence-corrected chi connectivity index (χ0v) is 58.5. The van der Waals surface area contributed by atoms with Gasteiger partial charge in [0.2, 0.25) is 0 Å². The average molecular weight is 1250 g/mol. The van der Waals surface area contributed by atoms with Crippen molar-refractivity contribution < 1.29 is 37.2 Å². The number of ether oxygens (including phenoxy) is 2. The normalized spacial score (nSPS) is 13.4. The number of hydrogen-bond donors (Lipinski definition) is 2. The lowest BCUT2D eigenvalue weighted by Gasteiger charge is -2.34. The smallest absolute Gasteiger partial charge is 0.168 e. The number of phenolic OH excluding ortho intramolecular Hbond substituents is 2. The number of phenols is 2. The topological polar surface area (TPSA) is 68.8 Å². The van der Waals surface area contributed by atoms with Crippen LogP contribution >= 0.6 is 0 Å². The molecule has 8 aromatic carbocycles. The van der Waals surface area contributed by atoms with Crippen LogP contribution < -0.4 is 9.47 Å². The van der Waals surface area contributed by atoms with Crippen LogP contribution in [0.4, 0.5) is 17.6 Å². The molecular weight excluding hydrogens is 1150 g/mol. The van der Waals surface area contributed by atoms with Gasteiger partial charge in [-0.3, -0.25) is 0 Å². The van der Waals surface area contributed by atoms with Crippen molar-refractivity contribution in [1.82, 2.24) is 9.13 Å². The molecule has 0 saturated carbocycles. The molecule has 0 bridgehead atoms. The second kappa shape index (κ2) is 23.1. The Morgan fingerprint density at radius 1 is 0.326 bits per heavy atom. The summed E-state index contributed by atoms with van der Waals surface area (Å²) in [5, 5.41) is 30.0. The van der Waals surface area contributed by atoms with Gasteiger partial charge in [-0.1, -0.05) is 177 Å². The highest BCUT2D eigenvalue weighted by Crippen LogP contribution is 2.51. The van der Waals surface area contributed by atoms with Crippen molar-refractivity contribution >= 4 is 43.6 Å². The van der Waals surface area contributed by atoms with Gasteiger partial charge in [0.15, 0.2) is 23.1 Å². The van der Waals surface area contributed by atoms with Gasteiger partial charge >= 0.3 is 0 Å². The van der Waals surface area contributed by atoms with Crippen LogP contribution in [-0.2, 0) is 32.5 Å².